The summed E-state index contributed by atoms with van der Waals surface area (Å²) in [7, 11) is 0. The molecule has 0 amide bonds. The molecule has 0 saturated heterocycles. The first-order valence-electron chi connectivity index (χ1n) is 10.8. The van der Waals surface area contributed by atoms with Gasteiger partial charge in [0.25, 0.3) is 0 Å². The Hall–Kier alpha value is -3.05. The van der Waals surface area contributed by atoms with Gasteiger partial charge in [0.15, 0.2) is 0 Å². The van der Waals surface area contributed by atoms with Crippen LogP contribution in [-0.2, 0) is 24.1 Å². The van der Waals surface area contributed by atoms with E-state index in [0.29, 0.717) is 12.8 Å². The highest BCUT2D eigenvalue weighted by atomic mass is 32.1. The van der Waals surface area contributed by atoms with Gasteiger partial charge in [0, 0.05) is 48.7 Å². The number of rotatable bonds is 7. The third kappa shape index (κ3) is 4.52. The lowest BCUT2D eigenvalue weighted by Gasteiger charge is -2.19. The van der Waals surface area contributed by atoms with Crippen molar-refractivity contribution >= 4 is 29.0 Å². The minimum Gasteiger partial charge on any atom is -0.365 e. The number of ketones is 1. The smallest absolute Gasteiger partial charge is 0.141 e. The molecular formula is C26H25N3OS. The van der Waals surface area contributed by atoms with Gasteiger partial charge < -0.3 is 4.90 Å². The minimum atomic E-state index is 0.235. The largest absolute Gasteiger partial charge is 0.365 e. The molecular weight excluding hydrogens is 402 g/mol. The molecule has 0 bridgehead atoms. The zero-order valence-electron chi connectivity index (χ0n) is 17.7. The molecule has 2 aliphatic heterocycles. The van der Waals surface area contributed by atoms with Gasteiger partial charge in [-0.05, 0) is 42.2 Å². The van der Waals surface area contributed by atoms with E-state index in [1.165, 1.54) is 11.3 Å². The number of aryl methyl sites for hydroxylation is 1. The summed E-state index contributed by atoms with van der Waals surface area (Å²) in [5.41, 5.74) is 7.96. The van der Waals surface area contributed by atoms with Gasteiger partial charge in [0.05, 0.1) is 22.9 Å². The molecule has 31 heavy (non-hydrogen) atoms. The van der Waals surface area contributed by atoms with E-state index < -0.39 is 0 Å². The molecule has 2 aromatic carbocycles. The highest BCUT2D eigenvalue weighted by Crippen LogP contribution is 2.30. The number of allylic oxidation sites excluding steroid dienone is 1. The van der Waals surface area contributed by atoms with E-state index in [9.17, 15) is 4.79 Å². The average Bonchev–Trinajstić information content (AvgIpc) is 3.51. The zero-order valence-corrected chi connectivity index (χ0v) is 18.5. The van der Waals surface area contributed by atoms with Crippen LogP contribution in [0.1, 0.15) is 28.1 Å². The first kappa shape index (κ1) is 19.9. The Morgan fingerprint density at radius 3 is 2.77 bits per heavy atom. The van der Waals surface area contributed by atoms with Crippen molar-refractivity contribution < 1.29 is 4.79 Å². The lowest BCUT2D eigenvalue weighted by molar-refractivity contribution is -0.117. The molecule has 0 aliphatic carbocycles. The van der Waals surface area contributed by atoms with E-state index in [-0.39, 0.29) is 5.78 Å². The molecule has 5 rings (SSSR count). The fourth-order valence-electron chi connectivity index (χ4n) is 4.33. The van der Waals surface area contributed by atoms with Gasteiger partial charge in [-0.15, -0.1) is 11.3 Å². The summed E-state index contributed by atoms with van der Waals surface area (Å²) < 4.78 is 0. The number of anilines is 1. The molecule has 1 aromatic heterocycles. The zero-order chi connectivity index (χ0) is 21.2. The SMILES string of the molecule is Cc1nc(-c2cccc(CC(=O)Cc3ccc4c(c3)N(CC3=CCC=N3)CC4)c2)cs1. The van der Waals surface area contributed by atoms with Gasteiger partial charge in [-0.3, -0.25) is 9.79 Å². The van der Waals surface area contributed by atoms with Crippen LogP contribution in [0.25, 0.3) is 11.3 Å². The van der Waals surface area contributed by atoms with Crippen molar-refractivity contribution in [3.8, 4) is 11.3 Å². The standard InChI is InChI=1S/C26H25N3OS/c1-18-28-25(17-31-18)22-5-2-4-19(12-22)13-24(30)14-20-7-8-21-9-11-29(26(21)15-20)16-23-6-3-10-27-23/h2,4-8,10,12,15,17H,3,9,11,13-14,16H2,1H3. The highest BCUT2D eigenvalue weighted by molar-refractivity contribution is 7.09. The Morgan fingerprint density at radius 2 is 2.00 bits per heavy atom. The third-order valence-electron chi connectivity index (χ3n) is 5.85. The molecule has 0 saturated carbocycles. The van der Waals surface area contributed by atoms with E-state index in [4.69, 9.17) is 0 Å². The molecule has 0 spiro atoms. The summed E-state index contributed by atoms with van der Waals surface area (Å²) in [5, 5.41) is 3.12. The van der Waals surface area contributed by atoms with Gasteiger partial charge in [-0.1, -0.05) is 36.4 Å². The number of nitrogens with zero attached hydrogens (tertiary/aromatic N) is 3. The van der Waals surface area contributed by atoms with Crippen LogP contribution < -0.4 is 4.90 Å². The first-order valence-corrected chi connectivity index (χ1v) is 11.6. The Morgan fingerprint density at radius 1 is 1.13 bits per heavy atom. The summed E-state index contributed by atoms with van der Waals surface area (Å²) in [6.45, 7) is 3.88. The maximum absolute atomic E-state index is 12.8. The van der Waals surface area contributed by atoms with E-state index in [0.717, 1.165) is 59.0 Å². The molecule has 156 valence electrons. The third-order valence-corrected chi connectivity index (χ3v) is 6.63. The number of carbonyl (C=O) groups excluding carboxylic acids is 1. The molecule has 0 unspecified atom stereocenters. The van der Waals surface area contributed by atoms with E-state index in [2.05, 4.69) is 56.7 Å². The predicted octanol–water partition coefficient (Wildman–Crippen LogP) is 5.19. The van der Waals surface area contributed by atoms with Crippen molar-refractivity contribution in [2.45, 2.75) is 32.6 Å². The maximum Gasteiger partial charge on any atom is 0.141 e. The van der Waals surface area contributed by atoms with E-state index in [1.807, 2.05) is 25.3 Å². The van der Waals surface area contributed by atoms with E-state index in [1.54, 1.807) is 11.3 Å². The maximum atomic E-state index is 12.8. The first-order chi connectivity index (χ1) is 15.1. The van der Waals surface area contributed by atoms with Crippen LogP contribution >= 0.6 is 11.3 Å². The van der Waals surface area contributed by atoms with Crippen molar-refractivity contribution in [2.24, 2.45) is 4.99 Å². The lowest BCUT2D eigenvalue weighted by atomic mass is 9.99. The number of aliphatic imine (C=N–C) groups is 1. The minimum absolute atomic E-state index is 0.235. The number of thiazole rings is 1. The van der Waals surface area contributed by atoms with Crippen LogP contribution in [0, 0.1) is 6.92 Å². The number of hydrogen-bond donors (Lipinski definition) is 0. The molecule has 4 nitrogen and oxygen atoms in total. The highest BCUT2D eigenvalue weighted by Gasteiger charge is 2.21. The van der Waals surface area contributed by atoms with E-state index >= 15 is 0 Å². The van der Waals surface area contributed by atoms with Crippen LogP contribution in [0.4, 0.5) is 5.69 Å². The molecule has 0 radical (unpaired) electrons. The quantitative estimate of drug-likeness (QED) is 0.521. The number of hydrogen-bond acceptors (Lipinski definition) is 5. The molecule has 2 aliphatic rings. The summed E-state index contributed by atoms with van der Waals surface area (Å²) in [5.74, 6) is 0.235. The van der Waals surface area contributed by atoms with Crippen LogP contribution in [-0.4, -0.2) is 30.1 Å². The Bertz CT molecular complexity index is 1190. The summed E-state index contributed by atoms with van der Waals surface area (Å²) in [6.07, 6.45) is 7.05. The van der Waals surface area contributed by atoms with Crippen LogP contribution in [0.5, 0.6) is 0 Å². The van der Waals surface area contributed by atoms with Crippen LogP contribution in [0.15, 0.2) is 64.6 Å². The fourth-order valence-corrected chi connectivity index (χ4v) is 4.95. The molecule has 0 N–H and O–H groups in total. The predicted molar refractivity (Wildman–Crippen MR) is 128 cm³/mol. The molecule has 0 fully saturated rings. The van der Waals surface area contributed by atoms with Crippen molar-refractivity contribution in [3.05, 3.63) is 81.3 Å². The van der Waals surface area contributed by atoms with Gasteiger partial charge in [0.1, 0.15) is 5.78 Å². The molecule has 3 heterocycles. The normalized spacial score (nSPS) is 14.7. The van der Waals surface area contributed by atoms with Gasteiger partial charge in [0.2, 0.25) is 0 Å². The second kappa shape index (κ2) is 8.60. The van der Waals surface area contributed by atoms with Gasteiger partial charge in [-0.25, -0.2) is 4.98 Å². The number of Topliss-reactive ketones (excluding diaryl/α,β-unsaturated/α-hetero) is 1. The molecule has 3 aromatic rings. The average molecular weight is 428 g/mol. The summed E-state index contributed by atoms with van der Waals surface area (Å²) >= 11 is 1.65. The van der Waals surface area contributed by atoms with Crippen molar-refractivity contribution in [1.29, 1.82) is 0 Å². The topological polar surface area (TPSA) is 45.6 Å². The number of carbonyl (C=O) groups is 1. The number of aromatic nitrogens is 1. The van der Waals surface area contributed by atoms with Gasteiger partial charge in [-0.2, -0.15) is 0 Å². The second-order valence-corrected chi connectivity index (χ2v) is 9.28. The Balaban J connectivity index is 1.27. The van der Waals surface area contributed by atoms with Crippen molar-refractivity contribution in [1.82, 2.24) is 4.98 Å². The van der Waals surface area contributed by atoms with Crippen molar-refractivity contribution in [2.75, 3.05) is 18.0 Å². The number of benzene rings is 2. The van der Waals surface area contributed by atoms with Crippen molar-refractivity contribution in [3.63, 3.8) is 0 Å². The van der Waals surface area contributed by atoms with Gasteiger partial charge >= 0.3 is 0 Å². The van der Waals surface area contributed by atoms with Crippen LogP contribution in [0.3, 0.4) is 0 Å². The van der Waals surface area contributed by atoms with Crippen LogP contribution in [0.2, 0.25) is 0 Å². The number of fused-ring (bicyclic) bond motifs is 1. The lowest BCUT2D eigenvalue weighted by Crippen LogP contribution is -2.22. The Kier molecular flexibility index (Phi) is 5.51. The second-order valence-electron chi connectivity index (χ2n) is 8.22. The monoisotopic (exact) mass is 427 g/mol. The molecule has 5 heteroatoms. The fraction of sp³-hybridized carbons (Fsp3) is 0.269. The Labute approximate surface area is 187 Å². The molecule has 0 atom stereocenters. The summed E-state index contributed by atoms with van der Waals surface area (Å²) in [4.78, 5) is 24.2. The summed E-state index contributed by atoms with van der Waals surface area (Å²) in [6, 6.07) is 14.7.